The van der Waals surface area contributed by atoms with Crippen LogP contribution in [-0.4, -0.2) is 24.0 Å². The summed E-state index contributed by atoms with van der Waals surface area (Å²) in [7, 11) is 0. The maximum Gasteiger partial charge on any atom is 0.00952 e. The zero-order valence-electron chi connectivity index (χ0n) is 21.9. The molecule has 1 aliphatic heterocycles. The molecule has 0 N–H and O–H groups in total. The molecular formula is C30H59N. The van der Waals surface area contributed by atoms with Crippen LogP contribution in [0.15, 0.2) is 0 Å². The van der Waals surface area contributed by atoms with E-state index in [1.807, 2.05) is 0 Å². The zero-order valence-corrected chi connectivity index (χ0v) is 21.9. The lowest BCUT2D eigenvalue weighted by Crippen LogP contribution is -2.37. The number of nitrogens with zero attached hydrogens (tertiary/aromatic N) is 1. The molecule has 2 rings (SSSR count). The third-order valence-corrected chi connectivity index (χ3v) is 8.66. The Hall–Kier alpha value is -0.0400. The van der Waals surface area contributed by atoms with Gasteiger partial charge in [0.2, 0.25) is 0 Å². The summed E-state index contributed by atoms with van der Waals surface area (Å²) in [5, 5.41) is 0. The van der Waals surface area contributed by atoms with Crippen molar-refractivity contribution in [3.8, 4) is 0 Å². The van der Waals surface area contributed by atoms with Crippen molar-refractivity contribution in [3.63, 3.8) is 0 Å². The minimum absolute atomic E-state index is 0.886. The van der Waals surface area contributed by atoms with Crippen molar-refractivity contribution < 1.29 is 0 Å². The molecule has 0 aromatic heterocycles. The van der Waals surface area contributed by atoms with E-state index in [1.165, 1.54) is 148 Å². The van der Waals surface area contributed by atoms with Gasteiger partial charge in [0.1, 0.15) is 0 Å². The normalized spacial score (nSPS) is 24.5. The lowest BCUT2D eigenvalue weighted by atomic mass is 9.80. The highest BCUT2D eigenvalue weighted by molar-refractivity contribution is 4.79. The lowest BCUT2D eigenvalue weighted by molar-refractivity contribution is 0.166. The standard InChI is InChI=1S/C30H59N/c1-3-5-7-10-16-24-30(25-17-11-8-6-4-2)31-26-18-22-28-20-14-12-9-13-15-21-29(28)23-19-27-31/h28-30H,3-27H2,1-2H3. The van der Waals surface area contributed by atoms with Crippen molar-refractivity contribution in [2.75, 3.05) is 13.1 Å². The second-order valence-corrected chi connectivity index (χ2v) is 11.2. The molecule has 0 spiro atoms. The third kappa shape index (κ3) is 12.1. The number of hydrogen-bond donors (Lipinski definition) is 0. The smallest absolute Gasteiger partial charge is 0.00952 e. The van der Waals surface area contributed by atoms with Crippen LogP contribution < -0.4 is 0 Å². The Morgan fingerprint density at radius 2 is 0.935 bits per heavy atom. The minimum atomic E-state index is 0.886. The number of unbranched alkanes of at least 4 members (excludes halogenated alkanes) is 8. The third-order valence-electron chi connectivity index (χ3n) is 8.66. The maximum absolute atomic E-state index is 2.99. The lowest BCUT2D eigenvalue weighted by Gasteiger charge is -2.32. The quantitative estimate of drug-likeness (QED) is 0.261. The summed E-state index contributed by atoms with van der Waals surface area (Å²) >= 11 is 0. The Balaban J connectivity index is 1.86. The molecular weight excluding hydrogens is 374 g/mol. The van der Waals surface area contributed by atoms with E-state index in [9.17, 15) is 0 Å². The fourth-order valence-corrected chi connectivity index (χ4v) is 6.64. The van der Waals surface area contributed by atoms with Gasteiger partial charge in [-0.05, 0) is 63.5 Å². The molecule has 2 unspecified atom stereocenters. The highest BCUT2D eigenvalue weighted by Crippen LogP contribution is 2.35. The van der Waals surface area contributed by atoms with E-state index in [4.69, 9.17) is 0 Å². The van der Waals surface area contributed by atoms with E-state index in [0.29, 0.717) is 0 Å². The number of hydrogen-bond acceptors (Lipinski definition) is 1. The molecule has 0 aromatic carbocycles. The largest absolute Gasteiger partial charge is 0.300 e. The van der Waals surface area contributed by atoms with Crippen LogP contribution in [0.1, 0.15) is 162 Å². The number of rotatable bonds is 13. The highest BCUT2D eigenvalue weighted by atomic mass is 15.1. The molecule has 1 aliphatic carbocycles. The summed E-state index contributed by atoms with van der Waals surface area (Å²) in [4.78, 5) is 2.99. The molecule has 1 saturated heterocycles. The van der Waals surface area contributed by atoms with Crippen molar-refractivity contribution in [1.29, 1.82) is 0 Å². The predicted octanol–water partition coefficient (Wildman–Crippen LogP) is 9.93. The van der Waals surface area contributed by atoms with Crippen LogP contribution in [0.3, 0.4) is 0 Å². The fraction of sp³-hybridized carbons (Fsp3) is 1.00. The van der Waals surface area contributed by atoms with Gasteiger partial charge in [-0.3, -0.25) is 0 Å². The van der Waals surface area contributed by atoms with Crippen molar-refractivity contribution in [2.24, 2.45) is 11.8 Å². The van der Waals surface area contributed by atoms with Crippen LogP contribution in [0.2, 0.25) is 0 Å². The van der Waals surface area contributed by atoms with Crippen LogP contribution in [0.5, 0.6) is 0 Å². The molecule has 1 saturated carbocycles. The molecule has 1 heteroatoms. The van der Waals surface area contributed by atoms with Crippen LogP contribution >= 0.6 is 0 Å². The molecule has 31 heavy (non-hydrogen) atoms. The molecule has 2 fully saturated rings. The molecule has 0 radical (unpaired) electrons. The SMILES string of the molecule is CCCCCCCC(CCCCCCC)N1CCCC2CCCCCCCC2CCC1. The first-order valence-electron chi connectivity index (χ1n) is 15.1. The molecule has 2 aliphatic rings. The zero-order chi connectivity index (χ0) is 22.0. The van der Waals surface area contributed by atoms with Gasteiger partial charge in [-0.15, -0.1) is 0 Å². The van der Waals surface area contributed by atoms with E-state index in [-0.39, 0.29) is 0 Å². The molecule has 0 bridgehead atoms. The number of fused-ring (bicyclic) bond motifs is 1. The van der Waals surface area contributed by atoms with Gasteiger partial charge < -0.3 is 4.90 Å². The summed E-state index contributed by atoms with van der Waals surface area (Å²) < 4.78 is 0. The second kappa shape index (κ2) is 18.4. The second-order valence-electron chi connectivity index (χ2n) is 11.2. The van der Waals surface area contributed by atoms with Gasteiger partial charge in [-0.25, -0.2) is 0 Å². The van der Waals surface area contributed by atoms with Gasteiger partial charge in [0, 0.05) is 6.04 Å². The van der Waals surface area contributed by atoms with E-state index in [0.717, 1.165) is 17.9 Å². The Labute approximate surface area is 197 Å². The highest BCUT2D eigenvalue weighted by Gasteiger charge is 2.25. The first-order chi connectivity index (χ1) is 15.3. The van der Waals surface area contributed by atoms with E-state index >= 15 is 0 Å². The molecule has 0 amide bonds. The van der Waals surface area contributed by atoms with Gasteiger partial charge in [0.25, 0.3) is 0 Å². The summed E-state index contributed by atoms with van der Waals surface area (Å²) in [6.45, 7) is 7.48. The summed E-state index contributed by atoms with van der Waals surface area (Å²) in [6, 6.07) is 0.886. The summed E-state index contributed by atoms with van der Waals surface area (Å²) in [5.41, 5.74) is 0. The molecule has 1 nitrogen and oxygen atoms in total. The molecule has 1 heterocycles. The minimum Gasteiger partial charge on any atom is -0.300 e. The van der Waals surface area contributed by atoms with Gasteiger partial charge in [0.05, 0.1) is 0 Å². The van der Waals surface area contributed by atoms with Crippen LogP contribution in [-0.2, 0) is 0 Å². The maximum atomic E-state index is 2.99. The summed E-state index contributed by atoms with van der Waals surface area (Å²) in [6.07, 6.45) is 34.0. The van der Waals surface area contributed by atoms with Crippen molar-refractivity contribution in [2.45, 2.75) is 168 Å². The molecule has 0 aromatic rings. The fourth-order valence-electron chi connectivity index (χ4n) is 6.64. The van der Waals surface area contributed by atoms with Gasteiger partial charge in [0.15, 0.2) is 0 Å². The Morgan fingerprint density at radius 1 is 0.516 bits per heavy atom. The van der Waals surface area contributed by atoms with Crippen LogP contribution in [0, 0.1) is 11.8 Å². The van der Waals surface area contributed by atoms with Crippen molar-refractivity contribution in [1.82, 2.24) is 4.90 Å². The van der Waals surface area contributed by atoms with Crippen LogP contribution in [0.4, 0.5) is 0 Å². The molecule has 2 atom stereocenters. The van der Waals surface area contributed by atoms with E-state index < -0.39 is 0 Å². The average molecular weight is 434 g/mol. The monoisotopic (exact) mass is 433 g/mol. The Morgan fingerprint density at radius 3 is 1.42 bits per heavy atom. The first kappa shape index (κ1) is 27.2. The van der Waals surface area contributed by atoms with Gasteiger partial charge >= 0.3 is 0 Å². The predicted molar refractivity (Wildman–Crippen MR) is 140 cm³/mol. The van der Waals surface area contributed by atoms with Crippen molar-refractivity contribution >= 4 is 0 Å². The Bertz CT molecular complexity index is 358. The topological polar surface area (TPSA) is 3.24 Å². The van der Waals surface area contributed by atoms with E-state index in [1.54, 1.807) is 12.8 Å². The molecule has 184 valence electrons. The van der Waals surface area contributed by atoms with E-state index in [2.05, 4.69) is 18.7 Å². The average Bonchev–Trinajstić information content (AvgIpc) is 2.95. The Kier molecular flexibility index (Phi) is 16.1. The van der Waals surface area contributed by atoms with Gasteiger partial charge in [-0.2, -0.15) is 0 Å². The summed E-state index contributed by atoms with van der Waals surface area (Å²) in [5.74, 6) is 2.11. The van der Waals surface area contributed by atoms with Crippen LogP contribution in [0.25, 0.3) is 0 Å². The van der Waals surface area contributed by atoms with Gasteiger partial charge in [-0.1, -0.05) is 123 Å². The first-order valence-corrected chi connectivity index (χ1v) is 15.1. The van der Waals surface area contributed by atoms with Crippen molar-refractivity contribution in [3.05, 3.63) is 0 Å².